The Morgan fingerprint density at radius 1 is 1.04 bits per heavy atom. The van der Waals surface area contributed by atoms with Gasteiger partial charge in [-0.1, -0.05) is 24.3 Å². The third kappa shape index (κ3) is 2.63. The minimum Gasteiger partial charge on any atom is -0.465 e. The molecule has 0 N–H and O–H groups in total. The van der Waals surface area contributed by atoms with Crippen LogP contribution >= 0.6 is 0 Å². The molecule has 0 saturated heterocycles. The van der Waals surface area contributed by atoms with Gasteiger partial charge >= 0.3 is 5.97 Å². The number of ether oxygens (including phenoxy) is 1. The number of hydrogen-bond acceptors (Lipinski definition) is 2. The van der Waals surface area contributed by atoms with Crippen molar-refractivity contribution in [3.05, 3.63) is 70.4 Å². The molecule has 0 aliphatic heterocycles. The molecule has 0 aliphatic rings. The maximum absolute atomic E-state index is 11.9. The second-order valence-electron chi connectivity index (χ2n) is 5.98. The van der Waals surface area contributed by atoms with Gasteiger partial charge in [0.05, 0.1) is 18.2 Å². The highest BCUT2D eigenvalue weighted by atomic mass is 16.5. The first kappa shape index (κ1) is 15.3. The van der Waals surface area contributed by atoms with Crippen LogP contribution in [0.15, 0.2) is 42.6 Å². The van der Waals surface area contributed by atoms with E-state index in [1.807, 2.05) is 19.1 Å². The van der Waals surface area contributed by atoms with E-state index in [9.17, 15) is 4.79 Å². The van der Waals surface area contributed by atoms with Gasteiger partial charge in [0.15, 0.2) is 0 Å². The van der Waals surface area contributed by atoms with E-state index in [-0.39, 0.29) is 5.97 Å². The fraction of sp³-hybridized carbons (Fsp3) is 0.250. The lowest BCUT2D eigenvalue weighted by Crippen LogP contribution is -2.07. The molecule has 0 radical (unpaired) electrons. The number of benzene rings is 2. The van der Waals surface area contributed by atoms with Crippen LogP contribution in [0.2, 0.25) is 0 Å². The largest absolute Gasteiger partial charge is 0.465 e. The molecule has 0 saturated carbocycles. The number of aromatic nitrogens is 1. The Hall–Kier alpha value is -2.55. The van der Waals surface area contributed by atoms with Gasteiger partial charge < -0.3 is 9.30 Å². The van der Waals surface area contributed by atoms with Crippen molar-refractivity contribution in [3.8, 4) is 0 Å². The molecule has 23 heavy (non-hydrogen) atoms. The second-order valence-corrected chi connectivity index (χ2v) is 5.98. The molecule has 0 atom stereocenters. The van der Waals surface area contributed by atoms with E-state index in [1.54, 1.807) is 0 Å². The molecular formula is C20H21NO2. The first-order valence-corrected chi connectivity index (χ1v) is 7.74. The van der Waals surface area contributed by atoms with Gasteiger partial charge in [-0.15, -0.1) is 0 Å². The van der Waals surface area contributed by atoms with Crippen LogP contribution in [-0.4, -0.2) is 17.6 Å². The highest BCUT2D eigenvalue weighted by Gasteiger charge is 2.15. The zero-order valence-corrected chi connectivity index (χ0v) is 14.0. The molecule has 3 nitrogen and oxygen atoms in total. The van der Waals surface area contributed by atoms with Crippen molar-refractivity contribution < 1.29 is 9.53 Å². The van der Waals surface area contributed by atoms with Gasteiger partial charge in [0, 0.05) is 12.7 Å². The first-order chi connectivity index (χ1) is 11.0. The van der Waals surface area contributed by atoms with Gasteiger partial charge in [0.1, 0.15) is 0 Å². The summed E-state index contributed by atoms with van der Waals surface area (Å²) in [5, 5.41) is 1.14. The van der Waals surface area contributed by atoms with Gasteiger partial charge in [0.25, 0.3) is 0 Å². The summed E-state index contributed by atoms with van der Waals surface area (Å²) in [7, 11) is 1.42. The molecular weight excluding hydrogens is 286 g/mol. The summed E-state index contributed by atoms with van der Waals surface area (Å²) in [4.78, 5) is 11.9. The van der Waals surface area contributed by atoms with Crippen LogP contribution in [-0.2, 0) is 11.3 Å². The lowest BCUT2D eigenvalue weighted by Gasteiger charge is -2.14. The Balaban J connectivity index is 2.14. The quantitative estimate of drug-likeness (QED) is 0.672. The predicted molar refractivity (Wildman–Crippen MR) is 93.0 cm³/mol. The Bertz CT molecular complexity index is 870. The normalized spacial score (nSPS) is 11.0. The lowest BCUT2D eigenvalue weighted by molar-refractivity contribution is 0.0600. The number of rotatable bonds is 3. The molecule has 0 amide bonds. The smallest absolute Gasteiger partial charge is 0.338 e. The summed E-state index contributed by atoms with van der Waals surface area (Å²) in [6.07, 6.45) is 2.09. The summed E-state index contributed by atoms with van der Waals surface area (Å²) in [6, 6.07) is 12.3. The molecule has 118 valence electrons. The average molecular weight is 307 g/mol. The van der Waals surface area contributed by atoms with Crippen molar-refractivity contribution in [2.45, 2.75) is 27.3 Å². The molecule has 1 heterocycles. The van der Waals surface area contributed by atoms with Gasteiger partial charge in [-0.2, -0.15) is 0 Å². The van der Waals surface area contributed by atoms with Crippen LogP contribution < -0.4 is 0 Å². The Labute approximate surface area is 136 Å². The number of esters is 1. The molecule has 1 aromatic heterocycles. The van der Waals surface area contributed by atoms with Crippen molar-refractivity contribution >= 4 is 16.9 Å². The minimum atomic E-state index is -0.288. The standard InChI is InChI=1S/C20H21NO2/c1-13-6-5-7-14(2)18(13)12-21-11-10-16-8-9-17(20(22)23-4)15(3)19(16)21/h5-11H,12H2,1-4H3. The van der Waals surface area contributed by atoms with Gasteiger partial charge in [-0.3, -0.25) is 0 Å². The zero-order valence-electron chi connectivity index (χ0n) is 14.0. The Morgan fingerprint density at radius 3 is 2.39 bits per heavy atom. The monoisotopic (exact) mass is 307 g/mol. The van der Waals surface area contributed by atoms with Crippen molar-refractivity contribution in [2.24, 2.45) is 0 Å². The SMILES string of the molecule is COC(=O)c1ccc2ccn(Cc3c(C)cccc3C)c2c1C. The fourth-order valence-corrected chi connectivity index (χ4v) is 3.21. The molecule has 0 bridgehead atoms. The third-order valence-corrected chi connectivity index (χ3v) is 4.56. The maximum Gasteiger partial charge on any atom is 0.338 e. The number of carbonyl (C=O) groups is 1. The second kappa shape index (κ2) is 5.92. The van der Waals surface area contributed by atoms with E-state index in [1.165, 1.54) is 23.8 Å². The van der Waals surface area contributed by atoms with Crippen molar-refractivity contribution in [1.29, 1.82) is 0 Å². The molecule has 0 unspecified atom stereocenters. The van der Waals surface area contributed by atoms with Crippen LogP contribution in [0, 0.1) is 20.8 Å². The van der Waals surface area contributed by atoms with Crippen LogP contribution in [0.4, 0.5) is 0 Å². The topological polar surface area (TPSA) is 31.2 Å². The molecule has 3 aromatic rings. The van der Waals surface area contributed by atoms with Crippen LogP contribution in [0.3, 0.4) is 0 Å². The van der Waals surface area contributed by atoms with Crippen LogP contribution in [0.5, 0.6) is 0 Å². The van der Waals surface area contributed by atoms with Gasteiger partial charge in [0.2, 0.25) is 0 Å². The number of carbonyl (C=O) groups excluding carboxylic acids is 1. The molecule has 2 aromatic carbocycles. The number of hydrogen-bond donors (Lipinski definition) is 0. The third-order valence-electron chi connectivity index (χ3n) is 4.56. The number of methoxy groups -OCH3 is 1. The maximum atomic E-state index is 11.9. The van der Waals surface area contributed by atoms with E-state index in [2.05, 4.69) is 48.9 Å². The van der Waals surface area contributed by atoms with E-state index < -0.39 is 0 Å². The summed E-state index contributed by atoms with van der Waals surface area (Å²) in [6.45, 7) is 7.06. The van der Waals surface area contributed by atoms with Crippen molar-refractivity contribution in [1.82, 2.24) is 4.57 Å². The van der Waals surface area contributed by atoms with E-state index >= 15 is 0 Å². The van der Waals surface area contributed by atoms with Crippen LogP contribution in [0.1, 0.15) is 32.6 Å². The minimum absolute atomic E-state index is 0.288. The van der Waals surface area contributed by atoms with E-state index in [4.69, 9.17) is 4.74 Å². The Morgan fingerprint density at radius 2 is 1.74 bits per heavy atom. The molecule has 3 heteroatoms. The lowest BCUT2D eigenvalue weighted by atomic mass is 10.0. The molecule has 0 aliphatic carbocycles. The van der Waals surface area contributed by atoms with Crippen molar-refractivity contribution in [2.75, 3.05) is 7.11 Å². The predicted octanol–water partition coefficient (Wildman–Crippen LogP) is 4.40. The van der Waals surface area contributed by atoms with Gasteiger partial charge in [-0.05, 0) is 60.5 Å². The first-order valence-electron chi connectivity index (χ1n) is 7.74. The number of aryl methyl sites for hydroxylation is 3. The molecule has 0 fully saturated rings. The fourth-order valence-electron chi connectivity index (χ4n) is 3.21. The van der Waals surface area contributed by atoms with E-state index in [0.29, 0.717) is 5.56 Å². The highest BCUT2D eigenvalue weighted by molar-refractivity contribution is 5.97. The van der Waals surface area contributed by atoms with Crippen molar-refractivity contribution in [3.63, 3.8) is 0 Å². The molecule has 3 rings (SSSR count). The summed E-state index contributed by atoms with van der Waals surface area (Å²) < 4.78 is 7.11. The Kier molecular flexibility index (Phi) is 3.95. The van der Waals surface area contributed by atoms with E-state index in [0.717, 1.165) is 23.0 Å². The number of nitrogens with zero attached hydrogens (tertiary/aromatic N) is 1. The summed E-state index contributed by atoms with van der Waals surface area (Å²) >= 11 is 0. The van der Waals surface area contributed by atoms with Gasteiger partial charge in [-0.25, -0.2) is 4.79 Å². The number of fused-ring (bicyclic) bond motifs is 1. The zero-order chi connectivity index (χ0) is 16.6. The average Bonchev–Trinajstić information content (AvgIpc) is 2.94. The molecule has 0 spiro atoms. The highest BCUT2D eigenvalue weighted by Crippen LogP contribution is 2.26. The summed E-state index contributed by atoms with van der Waals surface area (Å²) in [5.74, 6) is -0.288. The van der Waals surface area contributed by atoms with Crippen LogP contribution in [0.25, 0.3) is 10.9 Å². The summed E-state index contributed by atoms with van der Waals surface area (Å²) in [5.41, 5.74) is 6.58.